The lowest BCUT2D eigenvalue weighted by atomic mass is 10.0. The van der Waals surface area contributed by atoms with E-state index in [2.05, 4.69) is 82.8 Å². The molecule has 0 saturated heterocycles. The molecule has 0 amide bonds. The summed E-state index contributed by atoms with van der Waals surface area (Å²) in [6.45, 7) is 0. The second kappa shape index (κ2) is 4.18. The van der Waals surface area contributed by atoms with E-state index in [1.807, 2.05) is 0 Å². The second-order valence-electron chi connectivity index (χ2n) is 6.41. The highest BCUT2D eigenvalue weighted by molar-refractivity contribution is 6.24. The van der Waals surface area contributed by atoms with E-state index >= 15 is 0 Å². The van der Waals surface area contributed by atoms with Crippen LogP contribution in [0, 0.1) is 0 Å². The van der Waals surface area contributed by atoms with Crippen molar-refractivity contribution in [3.63, 3.8) is 0 Å². The molecule has 0 aliphatic carbocycles. The highest BCUT2D eigenvalue weighted by Crippen LogP contribution is 2.36. The number of aromatic amines is 2. The molecule has 0 fully saturated rings. The zero-order chi connectivity index (χ0) is 15.7. The van der Waals surface area contributed by atoms with Gasteiger partial charge in [0.05, 0.1) is 11.0 Å². The number of nitrogens with one attached hydrogen (secondary N) is 2. The van der Waals surface area contributed by atoms with E-state index in [1.165, 1.54) is 54.4 Å². The van der Waals surface area contributed by atoms with Crippen LogP contribution in [0.4, 0.5) is 0 Å². The van der Waals surface area contributed by atoms with Gasteiger partial charge < -0.3 is 9.97 Å². The van der Waals surface area contributed by atoms with Gasteiger partial charge >= 0.3 is 0 Å². The maximum absolute atomic E-state index is 3.61. The van der Waals surface area contributed by atoms with Gasteiger partial charge in [0.2, 0.25) is 0 Å². The molecule has 4 aromatic carbocycles. The first-order valence-corrected chi connectivity index (χ1v) is 8.23. The maximum Gasteiger partial charge on any atom is 0.0545 e. The van der Waals surface area contributed by atoms with Crippen LogP contribution in [0.2, 0.25) is 0 Å². The highest BCUT2D eigenvalue weighted by atomic mass is 14.7. The van der Waals surface area contributed by atoms with E-state index in [1.54, 1.807) is 0 Å². The molecule has 6 aromatic rings. The molecule has 6 rings (SSSR count). The first-order chi connectivity index (χ1) is 11.9. The zero-order valence-electron chi connectivity index (χ0n) is 12.9. The number of H-pyrrole nitrogens is 2. The van der Waals surface area contributed by atoms with E-state index in [-0.39, 0.29) is 0 Å². The second-order valence-corrected chi connectivity index (χ2v) is 6.41. The van der Waals surface area contributed by atoms with Crippen molar-refractivity contribution in [3.8, 4) is 0 Å². The van der Waals surface area contributed by atoms with Gasteiger partial charge in [-0.3, -0.25) is 0 Å². The third-order valence-electron chi connectivity index (χ3n) is 5.15. The molecular weight excluding hydrogens is 292 g/mol. The van der Waals surface area contributed by atoms with Crippen molar-refractivity contribution in [2.45, 2.75) is 0 Å². The summed E-state index contributed by atoms with van der Waals surface area (Å²) in [6, 6.07) is 26.0. The van der Waals surface area contributed by atoms with Crippen LogP contribution in [0.25, 0.3) is 54.4 Å². The first-order valence-electron chi connectivity index (χ1n) is 8.23. The van der Waals surface area contributed by atoms with Gasteiger partial charge in [-0.2, -0.15) is 0 Å². The van der Waals surface area contributed by atoms with Gasteiger partial charge in [-0.25, -0.2) is 0 Å². The lowest BCUT2D eigenvalue weighted by molar-refractivity contribution is 1.55. The van der Waals surface area contributed by atoms with E-state index in [9.17, 15) is 0 Å². The average Bonchev–Trinajstić information content (AvgIpc) is 3.20. The largest absolute Gasteiger partial charge is 0.354 e. The summed E-state index contributed by atoms with van der Waals surface area (Å²) in [5.74, 6) is 0. The standard InChI is InChI=1S/C22H14N2/c1-3-7-19-13(5-1)15-9-11-18-17(21(15)23-19)12-10-16-14-6-2-4-8-20(14)24-22(16)18/h1-12,23-24H. The van der Waals surface area contributed by atoms with Crippen LogP contribution in [0.15, 0.2) is 72.8 Å². The van der Waals surface area contributed by atoms with E-state index in [0.717, 1.165) is 0 Å². The van der Waals surface area contributed by atoms with Gasteiger partial charge in [-0.15, -0.1) is 0 Å². The van der Waals surface area contributed by atoms with Crippen LogP contribution in [0.1, 0.15) is 0 Å². The maximum atomic E-state index is 3.61. The fraction of sp³-hybridized carbons (Fsp3) is 0. The topological polar surface area (TPSA) is 31.6 Å². The molecular formula is C22H14N2. The van der Waals surface area contributed by atoms with Gasteiger partial charge in [0, 0.05) is 43.4 Å². The molecule has 2 nitrogen and oxygen atoms in total. The van der Waals surface area contributed by atoms with Gasteiger partial charge in [0.25, 0.3) is 0 Å². The molecule has 0 bridgehead atoms. The Morgan fingerprint density at radius 3 is 1.21 bits per heavy atom. The Labute approximate surface area is 137 Å². The molecule has 0 radical (unpaired) electrons. The van der Waals surface area contributed by atoms with Crippen LogP contribution in [0.3, 0.4) is 0 Å². The van der Waals surface area contributed by atoms with Crippen LogP contribution < -0.4 is 0 Å². The highest BCUT2D eigenvalue weighted by Gasteiger charge is 2.11. The van der Waals surface area contributed by atoms with Crippen LogP contribution in [-0.2, 0) is 0 Å². The third-order valence-corrected chi connectivity index (χ3v) is 5.15. The van der Waals surface area contributed by atoms with E-state index in [0.29, 0.717) is 0 Å². The molecule has 2 heteroatoms. The number of hydrogen-bond donors (Lipinski definition) is 2. The quantitative estimate of drug-likeness (QED) is 0.339. The van der Waals surface area contributed by atoms with Crippen molar-refractivity contribution in [1.29, 1.82) is 0 Å². The Hall–Kier alpha value is -3.26. The Morgan fingerprint density at radius 1 is 0.375 bits per heavy atom. The lowest BCUT2D eigenvalue weighted by Gasteiger charge is -2.02. The number of hydrogen-bond acceptors (Lipinski definition) is 0. The van der Waals surface area contributed by atoms with Gasteiger partial charge in [0.1, 0.15) is 0 Å². The van der Waals surface area contributed by atoms with Crippen LogP contribution in [0.5, 0.6) is 0 Å². The van der Waals surface area contributed by atoms with Crippen molar-refractivity contribution in [2.75, 3.05) is 0 Å². The number of fused-ring (bicyclic) bond motifs is 9. The van der Waals surface area contributed by atoms with Gasteiger partial charge in [-0.1, -0.05) is 60.7 Å². The van der Waals surface area contributed by atoms with Gasteiger partial charge in [0.15, 0.2) is 0 Å². The van der Waals surface area contributed by atoms with E-state index in [4.69, 9.17) is 0 Å². The number of benzene rings is 4. The summed E-state index contributed by atoms with van der Waals surface area (Å²) in [5.41, 5.74) is 4.82. The molecule has 112 valence electrons. The molecule has 0 saturated carbocycles. The number of para-hydroxylation sites is 2. The normalized spacial score (nSPS) is 12.2. The SMILES string of the molecule is c1ccc2c(c1)[nH]c1c2ccc2c1ccc1c3ccccc3[nH]c12. The monoisotopic (exact) mass is 306 g/mol. The molecule has 24 heavy (non-hydrogen) atoms. The fourth-order valence-corrected chi connectivity index (χ4v) is 4.05. The van der Waals surface area contributed by atoms with E-state index < -0.39 is 0 Å². The summed E-state index contributed by atoms with van der Waals surface area (Å²) in [7, 11) is 0. The Balaban J connectivity index is 1.86. The van der Waals surface area contributed by atoms with Gasteiger partial charge in [-0.05, 0) is 12.1 Å². The van der Waals surface area contributed by atoms with Crippen LogP contribution in [-0.4, -0.2) is 9.97 Å². The summed E-state index contributed by atoms with van der Waals surface area (Å²) in [6.07, 6.45) is 0. The molecule has 0 spiro atoms. The smallest absolute Gasteiger partial charge is 0.0545 e. The van der Waals surface area contributed by atoms with Crippen molar-refractivity contribution in [2.24, 2.45) is 0 Å². The third kappa shape index (κ3) is 1.41. The molecule has 2 heterocycles. The summed E-state index contributed by atoms with van der Waals surface area (Å²) in [4.78, 5) is 7.21. The first kappa shape index (κ1) is 12.2. The number of rotatable bonds is 0. The Morgan fingerprint density at radius 2 is 0.750 bits per heavy atom. The molecule has 0 aliphatic heterocycles. The minimum Gasteiger partial charge on any atom is -0.354 e. The van der Waals surface area contributed by atoms with Crippen molar-refractivity contribution < 1.29 is 0 Å². The lowest BCUT2D eigenvalue weighted by Crippen LogP contribution is -1.78. The van der Waals surface area contributed by atoms with Crippen LogP contribution >= 0.6 is 0 Å². The molecule has 0 atom stereocenters. The van der Waals surface area contributed by atoms with Crippen molar-refractivity contribution in [3.05, 3.63) is 72.8 Å². The van der Waals surface area contributed by atoms with Crippen molar-refractivity contribution in [1.82, 2.24) is 9.97 Å². The Bertz CT molecular complexity index is 1290. The predicted octanol–water partition coefficient (Wildman–Crippen LogP) is 6.11. The molecule has 2 aromatic heterocycles. The minimum absolute atomic E-state index is 1.19. The average molecular weight is 306 g/mol. The molecule has 0 unspecified atom stereocenters. The zero-order valence-corrected chi connectivity index (χ0v) is 12.9. The molecule has 2 N–H and O–H groups in total. The minimum atomic E-state index is 1.19. The van der Waals surface area contributed by atoms with Crippen molar-refractivity contribution >= 4 is 54.4 Å². The predicted molar refractivity (Wildman–Crippen MR) is 103 cm³/mol. The molecule has 0 aliphatic rings. The Kier molecular flexibility index (Phi) is 2.12. The fourth-order valence-electron chi connectivity index (χ4n) is 4.05. The number of aromatic nitrogens is 2. The summed E-state index contributed by atoms with van der Waals surface area (Å²) in [5, 5.41) is 7.67. The summed E-state index contributed by atoms with van der Waals surface area (Å²) < 4.78 is 0. The summed E-state index contributed by atoms with van der Waals surface area (Å²) >= 11 is 0.